The Kier molecular flexibility index (Phi) is 3.79. The molecule has 2 aromatic carbocycles. The lowest BCUT2D eigenvalue weighted by Gasteiger charge is -2.10. The minimum Gasteiger partial charge on any atom is -0.316 e. The van der Waals surface area contributed by atoms with E-state index in [0.717, 1.165) is 22.5 Å². The lowest BCUT2D eigenvalue weighted by atomic mass is 10.1. The molecular formula is C17H16FN3. The molecule has 21 heavy (non-hydrogen) atoms. The molecule has 1 heterocycles. The van der Waals surface area contributed by atoms with Crippen LogP contribution in [-0.2, 0) is 6.54 Å². The first-order valence-electron chi connectivity index (χ1n) is 6.82. The highest BCUT2D eigenvalue weighted by molar-refractivity contribution is 5.65. The monoisotopic (exact) mass is 281 g/mol. The Balaban J connectivity index is 2.18. The molecule has 4 heteroatoms. The predicted octanol–water partition coefficient (Wildman–Crippen LogP) is 3.40. The Labute approximate surface area is 123 Å². The molecule has 0 bridgehead atoms. The van der Waals surface area contributed by atoms with Crippen LogP contribution in [0, 0.1) is 5.82 Å². The van der Waals surface area contributed by atoms with Crippen molar-refractivity contribution < 1.29 is 4.39 Å². The fourth-order valence-corrected chi connectivity index (χ4v) is 2.41. The number of aromatic nitrogens is 2. The molecule has 3 rings (SSSR count). The van der Waals surface area contributed by atoms with Crippen LogP contribution < -0.4 is 5.32 Å². The van der Waals surface area contributed by atoms with Gasteiger partial charge in [-0.25, -0.2) is 9.07 Å². The highest BCUT2D eigenvalue weighted by Gasteiger charge is 2.14. The second-order valence-electron chi connectivity index (χ2n) is 4.81. The third kappa shape index (κ3) is 2.71. The number of halogens is 1. The van der Waals surface area contributed by atoms with Crippen molar-refractivity contribution in [3.63, 3.8) is 0 Å². The molecular weight excluding hydrogens is 265 g/mol. The highest BCUT2D eigenvalue weighted by Crippen LogP contribution is 2.26. The van der Waals surface area contributed by atoms with Gasteiger partial charge < -0.3 is 5.32 Å². The second kappa shape index (κ2) is 5.89. The van der Waals surface area contributed by atoms with Crippen LogP contribution >= 0.6 is 0 Å². The second-order valence-corrected chi connectivity index (χ2v) is 4.81. The van der Waals surface area contributed by atoms with Gasteiger partial charge in [0.2, 0.25) is 0 Å². The lowest BCUT2D eigenvalue weighted by molar-refractivity contribution is 0.625. The van der Waals surface area contributed by atoms with Crippen molar-refractivity contribution in [2.75, 3.05) is 7.05 Å². The van der Waals surface area contributed by atoms with E-state index in [0.29, 0.717) is 6.54 Å². The van der Waals surface area contributed by atoms with Crippen molar-refractivity contribution in [2.45, 2.75) is 6.54 Å². The minimum absolute atomic E-state index is 0.267. The third-order valence-electron chi connectivity index (χ3n) is 3.31. The molecule has 1 aromatic heterocycles. The Hall–Kier alpha value is -2.46. The molecule has 0 aliphatic carbocycles. The Morgan fingerprint density at radius 1 is 1.10 bits per heavy atom. The fourth-order valence-electron chi connectivity index (χ4n) is 2.41. The quantitative estimate of drug-likeness (QED) is 0.794. The van der Waals surface area contributed by atoms with Gasteiger partial charge in [-0.3, -0.25) is 0 Å². The molecule has 0 spiro atoms. The summed E-state index contributed by atoms with van der Waals surface area (Å²) in [7, 11) is 1.90. The maximum absolute atomic E-state index is 13.5. The molecule has 0 saturated carbocycles. The molecule has 0 radical (unpaired) electrons. The number of nitrogens with one attached hydrogen (secondary N) is 1. The smallest absolute Gasteiger partial charge is 0.125 e. The fraction of sp³-hybridized carbons (Fsp3) is 0.118. The lowest BCUT2D eigenvalue weighted by Crippen LogP contribution is -2.07. The predicted molar refractivity (Wildman–Crippen MR) is 81.7 cm³/mol. The Morgan fingerprint density at radius 3 is 2.62 bits per heavy atom. The van der Waals surface area contributed by atoms with E-state index in [1.54, 1.807) is 10.7 Å². The van der Waals surface area contributed by atoms with Crippen LogP contribution in [0.25, 0.3) is 16.9 Å². The van der Waals surface area contributed by atoms with E-state index in [1.165, 1.54) is 12.1 Å². The summed E-state index contributed by atoms with van der Waals surface area (Å²) in [4.78, 5) is 0. The van der Waals surface area contributed by atoms with Crippen LogP contribution in [0.2, 0.25) is 0 Å². The largest absolute Gasteiger partial charge is 0.316 e. The van der Waals surface area contributed by atoms with Crippen LogP contribution in [0.5, 0.6) is 0 Å². The first-order valence-corrected chi connectivity index (χ1v) is 6.82. The van der Waals surface area contributed by atoms with E-state index in [9.17, 15) is 4.39 Å². The zero-order valence-electron chi connectivity index (χ0n) is 11.8. The molecule has 0 atom stereocenters. The third-order valence-corrected chi connectivity index (χ3v) is 3.31. The van der Waals surface area contributed by atoms with Crippen LogP contribution in [0.3, 0.4) is 0 Å². The van der Waals surface area contributed by atoms with Crippen LogP contribution in [0.4, 0.5) is 4.39 Å². The highest BCUT2D eigenvalue weighted by atomic mass is 19.1. The summed E-state index contributed by atoms with van der Waals surface area (Å²) in [5, 5.41) is 7.58. The van der Waals surface area contributed by atoms with Gasteiger partial charge in [0.05, 0.1) is 17.6 Å². The molecule has 0 saturated heterocycles. The van der Waals surface area contributed by atoms with E-state index in [-0.39, 0.29) is 5.82 Å². The van der Waals surface area contributed by atoms with Crippen molar-refractivity contribution >= 4 is 0 Å². The first-order chi connectivity index (χ1) is 10.3. The van der Waals surface area contributed by atoms with Crippen molar-refractivity contribution in [3.05, 3.63) is 72.2 Å². The van der Waals surface area contributed by atoms with Crippen molar-refractivity contribution in [3.8, 4) is 16.9 Å². The Morgan fingerprint density at radius 2 is 1.90 bits per heavy atom. The van der Waals surface area contributed by atoms with E-state index in [2.05, 4.69) is 10.4 Å². The molecule has 0 aliphatic heterocycles. The van der Waals surface area contributed by atoms with Gasteiger partial charge in [0, 0.05) is 17.7 Å². The van der Waals surface area contributed by atoms with Gasteiger partial charge >= 0.3 is 0 Å². The van der Waals surface area contributed by atoms with Gasteiger partial charge in [-0.1, -0.05) is 36.4 Å². The maximum atomic E-state index is 13.5. The average molecular weight is 281 g/mol. The van der Waals surface area contributed by atoms with E-state index in [4.69, 9.17) is 0 Å². The molecule has 1 N–H and O–H groups in total. The van der Waals surface area contributed by atoms with Crippen LogP contribution in [0.15, 0.2) is 60.8 Å². The van der Waals surface area contributed by atoms with E-state index in [1.807, 2.05) is 49.6 Å². The summed E-state index contributed by atoms with van der Waals surface area (Å²) >= 11 is 0. The summed E-state index contributed by atoms with van der Waals surface area (Å²) in [6.07, 6.45) is 1.82. The van der Waals surface area contributed by atoms with Gasteiger partial charge in [-0.15, -0.1) is 0 Å². The zero-order chi connectivity index (χ0) is 14.7. The van der Waals surface area contributed by atoms with Crippen molar-refractivity contribution in [1.29, 1.82) is 0 Å². The Bertz CT molecular complexity index is 735. The zero-order valence-corrected chi connectivity index (χ0v) is 11.8. The van der Waals surface area contributed by atoms with Gasteiger partial charge in [0.1, 0.15) is 5.82 Å². The number of hydrogen-bond donors (Lipinski definition) is 1. The summed E-state index contributed by atoms with van der Waals surface area (Å²) in [6.45, 7) is 0.708. The molecule has 106 valence electrons. The van der Waals surface area contributed by atoms with Gasteiger partial charge in [-0.05, 0) is 25.2 Å². The molecule has 0 fully saturated rings. The molecule has 3 nitrogen and oxygen atoms in total. The van der Waals surface area contributed by atoms with E-state index < -0.39 is 0 Å². The average Bonchev–Trinajstić information content (AvgIpc) is 2.92. The van der Waals surface area contributed by atoms with Crippen LogP contribution in [-0.4, -0.2) is 16.8 Å². The van der Waals surface area contributed by atoms with Gasteiger partial charge in [0.25, 0.3) is 0 Å². The molecule has 0 unspecified atom stereocenters. The summed E-state index contributed by atoms with van der Waals surface area (Å²) in [6, 6.07) is 16.5. The van der Waals surface area contributed by atoms with Gasteiger partial charge in [0.15, 0.2) is 0 Å². The van der Waals surface area contributed by atoms with Crippen LogP contribution in [0.1, 0.15) is 5.56 Å². The molecule has 0 aliphatic rings. The molecule has 3 aromatic rings. The summed E-state index contributed by atoms with van der Waals surface area (Å²) in [5.41, 5.74) is 3.84. The maximum Gasteiger partial charge on any atom is 0.125 e. The standard InChI is InChI=1S/C17H16FN3/c1-19-11-14-12-20-21(16-9-5-8-15(18)10-16)17(14)13-6-3-2-4-7-13/h2-10,12,19H,11H2,1H3. The normalized spacial score (nSPS) is 10.8. The number of nitrogens with zero attached hydrogens (tertiary/aromatic N) is 2. The SMILES string of the molecule is CNCc1cnn(-c2cccc(F)c2)c1-c1ccccc1. The minimum atomic E-state index is -0.267. The van der Waals surface area contributed by atoms with Gasteiger partial charge in [-0.2, -0.15) is 5.10 Å². The number of hydrogen-bond acceptors (Lipinski definition) is 2. The van der Waals surface area contributed by atoms with Crippen molar-refractivity contribution in [2.24, 2.45) is 0 Å². The van der Waals surface area contributed by atoms with Crippen molar-refractivity contribution in [1.82, 2.24) is 15.1 Å². The number of benzene rings is 2. The molecule has 0 amide bonds. The number of rotatable bonds is 4. The topological polar surface area (TPSA) is 29.9 Å². The van der Waals surface area contributed by atoms with E-state index >= 15 is 0 Å². The summed E-state index contributed by atoms with van der Waals surface area (Å²) in [5.74, 6) is -0.267. The first kappa shape index (κ1) is 13.5. The summed E-state index contributed by atoms with van der Waals surface area (Å²) < 4.78 is 15.3.